The predicted molar refractivity (Wildman–Crippen MR) is 93.0 cm³/mol. The van der Waals surface area contributed by atoms with Crippen molar-refractivity contribution < 1.29 is 9.53 Å². The highest BCUT2D eigenvalue weighted by Gasteiger charge is 2.11. The molecule has 1 amide bonds. The highest BCUT2D eigenvalue weighted by molar-refractivity contribution is 14.1. The van der Waals surface area contributed by atoms with Crippen LogP contribution in [0.25, 0.3) is 0 Å². The van der Waals surface area contributed by atoms with Gasteiger partial charge in [0.2, 0.25) is 0 Å². The summed E-state index contributed by atoms with van der Waals surface area (Å²) in [5.74, 6) is -0.0479. The average Bonchev–Trinajstić information content (AvgIpc) is 2.50. The quantitative estimate of drug-likeness (QED) is 0.566. The number of unbranched alkanes of at least 4 members (excludes halogenated alkanes) is 1. The molecular formula is C15H20ClIN2O2. The molecule has 1 N–H and O–H groups in total. The number of hydrogen-bond donors (Lipinski definition) is 1. The molecule has 0 spiro atoms. The molecule has 0 aromatic heterocycles. The number of amides is 1. The molecule has 4 nitrogen and oxygen atoms in total. The van der Waals surface area contributed by atoms with E-state index in [-0.39, 0.29) is 5.91 Å². The van der Waals surface area contributed by atoms with Gasteiger partial charge in [0.05, 0.1) is 18.8 Å². The summed E-state index contributed by atoms with van der Waals surface area (Å²) in [6.45, 7) is 5.49. The molecule has 0 atom stereocenters. The average molecular weight is 423 g/mol. The molecule has 6 heteroatoms. The van der Waals surface area contributed by atoms with Crippen LogP contribution in [0.3, 0.4) is 0 Å². The van der Waals surface area contributed by atoms with Gasteiger partial charge in [-0.25, -0.2) is 0 Å². The zero-order chi connectivity index (χ0) is 15.1. The predicted octanol–water partition coefficient (Wildman–Crippen LogP) is 2.79. The molecule has 0 unspecified atom stereocenters. The molecule has 1 aliphatic heterocycles. The van der Waals surface area contributed by atoms with Crippen LogP contribution in [0.15, 0.2) is 18.2 Å². The minimum Gasteiger partial charge on any atom is -0.379 e. The summed E-state index contributed by atoms with van der Waals surface area (Å²) in [4.78, 5) is 14.5. The van der Waals surface area contributed by atoms with Crippen molar-refractivity contribution in [3.8, 4) is 0 Å². The Balaban J connectivity index is 1.66. The number of morpholine rings is 1. The Morgan fingerprint density at radius 3 is 2.86 bits per heavy atom. The maximum absolute atomic E-state index is 12.1. The zero-order valence-corrected chi connectivity index (χ0v) is 14.8. The Morgan fingerprint density at radius 2 is 2.10 bits per heavy atom. The molecule has 0 bridgehead atoms. The third-order valence-corrected chi connectivity index (χ3v) is 4.64. The molecule has 1 saturated heterocycles. The van der Waals surface area contributed by atoms with E-state index in [4.69, 9.17) is 16.3 Å². The van der Waals surface area contributed by atoms with Crippen LogP contribution in [0.1, 0.15) is 23.2 Å². The van der Waals surface area contributed by atoms with E-state index in [1.54, 1.807) is 12.1 Å². The first-order valence-corrected chi connectivity index (χ1v) is 8.66. The van der Waals surface area contributed by atoms with Gasteiger partial charge in [-0.3, -0.25) is 9.69 Å². The van der Waals surface area contributed by atoms with E-state index in [1.807, 2.05) is 6.07 Å². The molecule has 1 aliphatic rings. The fraction of sp³-hybridized carbons (Fsp3) is 0.533. The highest BCUT2D eigenvalue weighted by Crippen LogP contribution is 2.17. The molecule has 0 aliphatic carbocycles. The molecule has 2 rings (SSSR count). The number of carbonyl (C=O) groups is 1. The maximum atomic E-state index is 12.1. The second-order valence-electron chi connectivity index (χ2n) is 5.04. The van der Waals surface area contributed by atoms with Gasteiger partial charge in [0.25, 0.3) is 5.91 Å². The Morgan fingerprint density at radius 1 is 1.33 bits per heavy atom. The standard InChI is InChI=1S/C15H20ClIN2O2/c16-12-3-4-14(17)13(11-12)15(20)18-5-1-2-6-19-7-9-21-10-8-19/h3-4,11H,1-2,5-10H2,(H,18,20). The first-order chi connectivity index (χ1) is 10.2. The van der Waals surface area contributed by atoms with Gasteiger partial charge in [0.15, 0.2) is 0 Å². The Kier molecular flexibility index (Phi) is 7.22. The summed E-state index contributed by atoms with van der Waals surface area (Å²) in [6, 6.07) is 5.37. The number of rotatable bonds is 6. The Bertz CT molecular complexity index is 479. The molecule has 1 heterocycles. The van der Waals surface area contributed by atoms with Crippen LogP contribution in [0.2, 0.25) is 5.02 Å². The smallest absolute Gasteiger partial charge is 0.252 e. The van der Waals surface area contributed by atoms with Crippen LogP contribution < -0.4 is 5.32 Å². The van der Waals surface area contributed by atoms with E-state index in [0.29, 0.717) is 17.1 Å². The highest BCUT2D eigenvalue weighted by atomic mass is 127. The first kappa shape index (κ1) is 17.0. The number of ether oxygens (including phenoxy) is 1. The molecule has 1 aromatic rings. The summed E-state index contributed by atoms with van der Waals surface area (Å²) in [5, 5.41) is 3.55. The van der Waals surface area contributed by atoms with Gasteiger partial charge in [-0.15, -0.1) is 0 Å². The molecule has 0 saturated carbocycles. The van der Waals surface area contributed by atoms with Gasteiger partial charge in [-0.05, 0) is 60.2 Å². The third kappa shape index (κ3) is 5.73. The lowest BCUT2D eigenvalue weighted by molar-refractivity contribution is 0.0372. The van der Waals surface area contributed by atoms with Gasteiger partial charge in [-0.1, -0.05) is 11.6 Å². The molecular weight excluding hydrogens is 403 g/mol. The number of nitrogens with one attached hydrogen (secondary N) is 1. The number of benzene rings is 1. The number of carbonyl (C=O) groups excluding carboxylic acids is 1. The topological polar surface area (TPSA) is 41.6 Å². The van der Waals surface area contributed by atoms with Crippen LogP contribution in [0.5, 0.6) is 0 Å². The summed E-state index contributed by atoms with van der Waals surface area (Å²) in [5.41, 5.74) is 0.649. The largest absolute Gasteiger partial charge is 0.379 e. The van der Waals surface area contributed by atoms with Gasteiger partial charge in [-0.2, -0.15) is 0 Å². The van der Waals surface area contributed by atoms with Crippen molar-refractivity contribution in [3.05, 3.63) is 32.4 Å². The third-order valence-electron chi connectivity index (χ3n) is 3.46. The van der Waals surface area contributed by atoms with E-state index < -0.39 is 0 Å². The maximum Gasteiger partial charge on any atom is 0.252 e. The molecule has 1 fully saturated rings. The van der Waals surface area contributed by atoms with E-state index in [2.05, 4.69) is 32.8 Å². The van der Waals surface area contributed by atoms with Gasteiger partial charge in [0, 0.05) is 28.2 Å². The van der Waals surface area contributed by atoms with Gasteiger partial charge < -0.3 is 10.1 Å². The monoisotopic (exact) mass is 422 g/mol. The molecule has 0 radical (unpaired) electrons. The second kappa shape index (κ2) is 8.92. The van der Waals surface area contributed by atoms with Crippen molar-refractivity contribution in [2.45, 2.75) is 12.8 Å². The van der Waals surface area contributed by atoms with Crippen molar-refractivity contribution in [2.75, 3.05) is 39.4 Å². The van der Waals surface area contributed by atoms with E-state index >= 15 is 0 Å². The number of nitrogens with zero attached hydrogens (tertiary/aromatic N) is 1. The molecule has 1 aromatic carbocycles. The lowest BCUT2D eigenvalue weighted by Crippen LogP contribution is -2.37. The summed E-state index contributed by atoms with van der Waals surface area (Å²) < 4.78 is 6.24. The second-order valence-corrected chi connectivity index (χ2v) is 6.64. The van der Waals surface area contributed by atoms with Gasteiger partial charge in [0.1, 0.15) is 0 Å². The Hall–Kier alpha value is -0.370. The zero-order valence-electron chi connectivity index (χ0n) is 11.9. The fourth-order valence-electron chi connectivity index (χ4n) is 2.25. The van der Waals surface area contributed by atoms with Crippen molar-refractivity contribution in [1.82, 2.24) is 10.2 Å². The van der Waals surface area contributed by atoms with E-state index in [9.17, 15) is 4.79 Å². The summed E-state index contributed by atoms with van der Waals surface area (Å²) >= 11 is 8.08. The van der Waals surface area contributed by atoms with Crippen LogP contribution in [-0.2, 0) is 4.74 Å². The number of halogens is 2. The summed E-state index contributed by atoms with van der Waals surface area (Å²) in [7, 11) is 0. The minimum atomic E-state index is -0.0479. The SMILES string of the molecule is O=C(NCCCCN1CCOCC1)c1cc(Cl)ccc1I. The van der Waals surface area contributed by atoms with Crippen LogP contribution in [-0.4, -0.2) is 50.2 Å². The van der Waals surface area contributed by atoms with Crippen molar-refractivity contribution in [1.29, 1.82) is 0 Å². The lowest BCUT2D eigenvalue weighted by Gasteiger charge is -2.26. The van der Waals surface area contributed by atoms with Crippen LogP contribution in [0.4, 0.5) is 0 Å². The fourth-order valence-corrected chi connectivity index (χ4v) is 3.01. The first-order valence-electron chi connectivity index (χ1n) is 7.20. The molecule has 116 valence electrons. The normalized spacial score (nSPS) is 15.9. The van der Waals surface area contributed by atoms with Crippen LogP contribution >= 0.6 is 34.2 Å². The van der Waals surface area contributed by atoms with Crippen molar-refractivity contribution in [2.24, 2.45) is 0 Å². The lowest BCUT2D eigenvalue weighted by atomic mass is 10.2. The minimum absolute atomic E-state index is 0.0479. The number of hydrogen-bond acceptors (Lipinski definition) is 3. The summed E-state index contributed by atoms with van der Waals surface area (Å²) in [6.07, 6.45) is 2.08. The van der Waals surface area contributed by atoms with Gasteiger partial charge >= 0.3 is 0 Å². The van der Waals surface area contributed by atoms with E-state index in [0.717, 1.165) is 49.3 Å². The van der Waals surface area contributed by atoms with Crippen molar-refractivity contribution >= 4 is 40.1 Å². The Labute approximate surface area is 144 Å². The van der Waals surface area contributed by atoms with E-state index in [1.165, 1.54) is 0 Å². The van der Waals surface area contributed by atoms with Crippen LogP contribution in [0, 0.1) is 3.57 Å². The van der Waals surface area contributed by atoms with Crippen molar-refractivity contribution in [3.63, 3.8) is 0 Å². The molecule has 21 heavy (non-hydrogen) atoms.